The van der Waals surface area contributed by atoms with Gasteiger partial charge in [0.1, 0.15) is 5.82 Å². The summed E-state index contributed by atoms with van der Waals surface area (Å²) in [5, 5.41) is 2.84. The molecule has 1 aromatic carbocycles. The number of hydrogen-bond donors (Lipinski definition) is 1. The van der Waals surface area contributed by atoms with Crippen LogP contribution in [0.5, 0.6) is 11.5 Å². The fraction of sp³-hybridized carbons (Fsp3) is 0.455. The van der Waals surface area contributed by atoms with Crippen LogP contribution in [0.4, 0.5) is 11.5 Å². The Morgan fingerprint density at radius 3 is 2.61 bits per heavy atom. The highest BCUT2D eigenvalue weighted by atomic mass is 16.5. The third-order valence-electron chi connectivity index (χ3n) is 4.84. The molecule has 0 saturated carbocycles. The van der Waals surface area contributed by atoms with Crippen LogP contribution >= 0.6 is 0 Å². The number of carbonyl (C=O) groups excluding carboxylic acids is 1. The van der Waals surface area contributed by atoms with Crippen LogP contribution in [0.1, 0.15) is 43.5 Å². The zero-order valence-corrected chi connectivity index (χ0v) is 16.9. The van der Waals surface area contributed by atoms with Gasteiger partial charge in [-0.05, 0) is 55.5 Å². The van der Waals surface area contributed by atoms with Gasteiger partial charge in [-0.2, -0.15) is 0 Å². The number of pyridine rings is 1. The van der Waals surface area contributed by atoms with Crippen LogP contribution in [0, 0.1) is 5.92 Å². The van der Waals surface area contributed by atoms with Crippen LogP contribution in [0.3, 0.4) is 0 Å². The molecular formula is C22H29N3O3. The first-order chi connectivity index (χ1) is 13.6. The highest BCUT2D eigenvalue weighted by molar-refractivity contribution is 6.04. The summed E-state index contributed by atoms with van der Waals surface area (Å²) in [6.45, 7) is 7.06. The summed E-state index contributed by atoms with van der Waals surface area (Å²) in [5.41, 5.74) is 1.60. The topological polar surface area (TPSA) is 63.7 Å². The number of hydrogen-bond acceptors (Lipinski definition) is 5. The van der Waals surface area contributed by atoms with Crippen molar-refractivity contribution in [1.82, 2.24) is 4.98 Å². The minimum absolute atomic E-state index is 0.228. The molecule has 1 N–H and O–H groups in total. The fourth-order valence-electron chi connectivity index (χ4n) is 3.14. The molecule has 1 aliphatic rings. The Morgan fingerprint density at radius 2 is 1.96 bits per heavy atom. The first-order valence-electron chi connectivity index (χ1n) is 9.90. The van der Waals surface area contributed by atoms with Crippen LogP contribution in [-0.2, 0) is 0 Å². The van der Waals surface area contributed by atoms with Gasteiger partial charge in [0.15, 0.2) is 11.5 Å². The lowest BCUT2D eigenvalue weighted by atomic mass is 10.1. The van der Waals surface area contributed by atoms with Gasteiger partial charge in [0, 0.05) is 18.7 Å². The Kier molecular flexibility index (Phi) is 6.74. The van der Waals surface area contributed by atoms with Crippen LogP contribution in [0.15, 0.2) is 36.5 Å². The van der Waals surface area contributed by atoms with Gasteiger partial charge in [-0.15, -0.1) is 0 Å². The van der Waals surface area contributed by atoms with E-state index in [0.29, 0.717) is 35.4 Å². The Labute approximate surface area is 166 Å². The molecule has 6 nitrogen and oxygen atoms in total. The second-order valence-electron chi connectivity index (χ2n) is 7.45. The second-order valence-corrected chi connectivity index (χ2v) is 7.45. The molecule has 28 heavy (non-hydrogen) atoms. The van der Waals surface area contributed by atoms with Crippen molar-refractivity contribution in [2.24, 2.45) is 5.92 Å². The number of methoxy groups -OCH3 is 1. The van der Waals surface area contributed by atoms with E-state index in [0.717, 1.165) is 25.2 Å². The molecule has 1 saturated heterocycles. The number of aromatic nitrogens is 1. The normalized spacial score (nSPS) is 13.6. The Hall–Kier alpha value is -2.76. The van der Waals surface area contributed by atoms with E-state index in [9.17, 15) is 4.79 Å². The maximum Gasteiger partial charge on any atom is 0.256 e. The standard InChI is InChI=1S/C22H29N3O3/c1-16(2)10-13-28-19-8-6-17(14-20(19)27-3)22(26)24-21-9-7-18(15-23-21)25-11-4-5-12-25/h6-9,14-16H,4-5,10-13H2,1-3H3,(H,23,24,26). The lowest BCUT2D eigenvalue weighted by Crippen LogP contribution is -2.18. The molecule has 2 aromatic rings. The van der Waals surface area contributed by atoms with Crippen molar-refractivity contribution < 1.29 is 14.3 Å². The molecule has 0 bridgehead atoms. The lowest BCUT2D eigenvalue weighted by Gasteiger charge is -2.17. The van der Waals surface area contributed by atoms with Gasteiger partial charge in [0.25, 0.3) is 5.91 Å². The molecule has 150 valence electrons. The Bertz CT molecular complexity index is 784. The van der Waals surface area contributed by atoms with E-state index in [-0.39, 0.29) is 5.91 Å². The molecule has 1 fully saturated rings. The molecule has 6 heteroatoms. The molecule has 3 rings (SSSR count). The van der Waals surface area contributed by atoms with Crippen molar-refractivity contribution >= 4 is 17.4 Å². The quantitative estimate of drug-likeness (QED) is 0.733. The summed E-state index contributed by atoms with van der Waals surface area (Å²) in [7, 11) is 1.57. The summed E-state index contributed by atoms with van der Waals surface area (Å²) in [5.74, 6) is 2.07. The van der Waals surface area contributed by atoms with Crippen molar-refractivity contribution in [2.75, 3.05) is 37.0 Å². The monoisotopic (exact) mass is 383 g/mol. The SMILES string of the molecule is COc1cc(C(=O)Nc2ccc(N3CCCC3)cn2)ccc1OCCC(C)C. The highest BCUT2D eigenvalue weighted by Gasteiger charge is 2.14. The smallest absolute Gasteiger partial charge is 0.256 e. The number of rotatable bonds is 8. The van der Waals surface area contributed by atoms with Crippen LogP contribution < -0.4 is 19.7 Å². The van der Waals surface area contributed by atoms with Crippen molar-refractivity contribution in [3.63, 3.8) is 0 Å². The molecule has 1 amide bonds. The van der Waals surface area contributed by atoms with Gasteiger partial charge >= 0.3 is 0 Å². The fourth-order valence-corrected chi connectivity index (χ4v) is 3.14. The highest BCUT2D eigenvalue weighted by Crippen LogP contribution is 2.29. The molecule has 0 unspecified atom stereocenters. The first-order valence-corrected chi connectivity index (χ1v) is 9.90. The predicted octanol–water partition coefficient (Wildman–Crippen LogP) is 4.37. The molecule has 1 aromatic heterocycles. The Morgan fingerprint density at radius 1 is 1.18 bits per heavy atom. The van der Waals surface area contributed by atoms with Crippen LogP contribution in [-0.4, -0.2) is 37.7 Å². The van der Waals surface area contributed by atoms with Crippen molar-refractivity contribution in [1.29, 1.82) is 0 Å². The number of benzene rings is 1. The van der Waals surface area contributed by atoms with E-state index in [1.807, 2.05) is 18.3 Å². The minimum Gasteiger partial charge on any atom is -0.493 e. The summed E-state index contributed by atoms with van der Waals surface area (Å²) in [4.78, 5) is 19.3. The first kappa shape index (κ1) is 20.0. The molecule has 0 atom stereocenters. The molecule has 1 aliphatic heterocycles. The minimum atomic E-state index is -0.228. The average Bonchev–Trinajstić information content (AvgIpc) is 3.23. The van der Waals surface area contributed by atoms with Crippen LogP contribution in [0.2, 0.25) is 0 Å². The summed E-state index contributed by atoms with van der Waals surface area (Å²) < 4.78 is 11.2. The van der Waals surface area contributed by atoms with Gasteiger partial charge in [-0.25, -0.2) is 4.98 Å². The number of amides is 1. The average molecular weight is 383 g/mol. The number of anilines is 2. The maximum absolute atomic E-state index is 12.6. The molecule has 2 heterocycles. The number of nitrogens with one attached hydrogen (secondary N) is 1. The summed E-state index contributed by atoms with van der Waals surface area (Å²) in [6, 6.07) is 9.05. The largest absolute Gasteiger partial charge is 0.493 e. The maximum atomic E-state index is 12.6. The summed E-state index contributed by atoms with van der Waals surface area (Å²) >= 11 is 0. The van der Waals surface area contributed by atoms with Gasteiger partial charge in [-0.3, -0.25) is 4.79 Å². The van der Waals surface area contributed by atoms with Gasteiger partial charge in [0.05, 0.1) is 25.6 Å². The second kappa shape index (κ2) is 9.44. The van der Waals surface area contributed by atoms with Gasteiger partial charge < -0.3 is 19.7 Å². The number of carbonyl (C=O) groups is 1. The van der Waals surface area contributed by atoms with Crippen LogP contribution in [0.25, 0.3) is 0 Å². The van der Waals surface area contributed by atoms with E-state index < -0.39 is 0 Å². The van der Waals surface area contributed by atoms with Crippen molar-refractivity contribution in [3.05, 3.63) is 42.1 Å². The van der Waals surface area contributed by atoms with E-state index in [4.69, 9.17) is 9.47 Å². The third kappa shape index (κ3) is 5.15. The van der Waals surface area contributed by atoms with E-state index in [1.54, 1.807) is 25.3 Å². The van der Waals surface area contributed by atoms with E-state index >= 15 is 0 Å². The summed E-state index contributed by atoms with van der Waals surface area (Å²) in [6.07, 6.45) is 5.21. The zero-order valence-electron chi connectivity index (χ0n) is 16.9. The zero-order chi connectivity index (χ0) is 19.9. The van der Waals surface area contributed by atoms with Crippen molar-refractivity contribution in [3.8, 4) is 11.5 Å². The molecule has 0 spiro atoms. The van der Waals surface area contributed by atoms with E-state index in [2.05, 4.69) is 29.0 Å². The van der Waals surface area contributed by atoms with Gasteiger partial charge in [0.2, 0.25) is 0 Å². The Balaban J connectivity index is 1.63. The van der Waals surface area contributed by atoms with E-state index in [1.165, 1.54) is 12.8 Å². The third-order valence-corrected chi connectivity index (χ3v) is 4.84. The molecule has 0 aliphatic carbocycles. The lowest BCUT2D eigenvalue weighted by molar-refractivity contribution is 0.102. The molecule has 0 radical (unpaired) electrons. The number of nitrogens with zero attached hydrogens (tertiary/aromatic N) is 2. The number of ether oxygens (including phenoxy) is 2. The predicted molar refractivity (Wildman–Crippen MR) is 112 cm³/mol. The van der Waals surface area contributed by atoms with Gasteiger partial charge in [-0.1, -0.05) is 13.8 Å². The molecular weight excluding hydrogens is 354 g/mol. The van der Waals surface area contributed by atoms with Crippen molar-refractivity contribution in [2.45, 2.75) is 33.1 Å².